The monoisotopic (exact) mass is 181 g/mol. The van der Waals surface area contributed by atoms with E-state index in [1.54, 1.807) is 12.3 Å². The van der Waals surface area contributed by atoms with Gasteiger partial charge in [0.25, 0.3) is 0 Å². The van der Waals surface area contributed by atoms with Gasteiger partial charge in [0.2, 0.25) is 5.43 Å². The van der Waals surface area contributed by atoms with Gasteiger partial charge in [-0.1, -0.05) is 6.92 Å². The maximum Gasteiger partial charge on any atom is 0.223 e. The summed E-state index contributed by atoms with van der Waals surface area (Å²) in [6.07, 6.45) is 2.81. The van der Waals surface area contributed by atoms with Crippen LogP contribution in [0.25, 0.3) is 0 Å². The summed E-state index contributed by atoms with van der Waals surface area (Å²) in [5.74, 6) is 0.416. The first kappa shape index (κ1) is 9.84. The number of aryl methyl sites for hydroxylation is 2. The molecule has 1 heterocycles. The van der Waals surface area contributed by atoms with Gasteiger partial charge < -0.3 is 9.30 Å². The zero-order chi connectivity index (χ0) is 9.84. The van der Waals surface area contributed by atoms with E-state index in [2.05, 4.69) is 6.92 Å². The molecule has 0 N–H and O–H groups in total. The number of aromatic nitrogens is 1. The Bertz CT molecular complexity index is 341. The summed E-state index contributed by atoms with van der Waals surface area (Å²) in [7, 11) is 1.52. The number of rotatable bonds is 3. The highest BCUT2D eigenvalue weighted by molar-refractivity contribution is 5.21. The first-order chi connectivity index (χ1) is 6.19. The van der Waals surface area contributed by atoms with Gasteiger partial charge in [-0.15, -0.1) is 0 Å². The molecule has 0 aromatic carbocycles. The second-order valence-electron chi connectivity index (χ2n) is 3.04. The summed E-state index contributed by atoms with van der Waals surface area (Å²) >= 11 is 0. The van der Waals surface area contributed by atoms with E-state index in [1.165, 1.54) is 7.11 Å². The molecule has 0 aliphatic rings. The third-order valence-electron chi connectivity index (χ3n) is 1.99. The lowest BCUT2D eigenvalue weighted by molar-refractivity contribution is 0.403. The Labute approximate surface area is 78.0 Å². The van der Waals surface area contributed by atoms with Crippen molar-refractivity contribution < 1.29 is 4.74 Å². The molecule has 0 atom stereocenters. The number of ether oxygens (including phenoxy) is 1. The molecule has 72 valence electrons. The van der Waals surface area contributed by atoms with E-state index in [9.17, 15) is 4.79 Å². The van der Waals surface area contributed by atoms with Crippen molar-refractivity contribution in [1.29, 1.82) is 0 Å². The standard InChI is InChI=1S/C10H15NO2/c1-4-5-11-7-10(13-3)9(12)6-8(11)2/h6-7H,4-5H2,1-3H3. The van der Waals surface area contributed by atoms with Gasteiger partial charge in [0.1, 0.15) is 0 Å². The lowest BCUT2D eigenvalue weighted by Crippen LogP contribution is -2.12. The molecule has 0 radical (unpaired) electrons. The fourth-order valence-electron chi connectivity index (χ4n) is 1.29. The van der Waals surface area contributed by atoms with Crippen molar-refractivity contribution in [3.8, 4) is 5.75 Å². The lowest BCUT2D eigenvalue weighted by Gasteiger charge is -2.10. The van der Waals surface area contributed by atoms with Gasteiger partial charge in [0, 0.05) is 18.3 Å². The van der Waals surface area contributed by atoms with Crippen LogP contribution in [0.1, 0.15) is 19.0 Å². The van der Waals surface area contributed by atoms with Crippen LogP contribution >= 0.6 is 0 Å². The van der Waals surface area contributed by atoms with Crippen molar-refractivity contribution in [1.82, 2.24) is 4.57 Å². The van der Waals surface area contributed by atoms with Crippen molar-refractivity contribution in [2.24, 2.45) is 0 Å². The maximum atomic E-state index is 11.3. The fourth-order valence-corrected chi connectivity index (χ4v) is 1.29. The lowest BCUT2D eigenvalue weighted by atomic mass is 10.3. The highest BCUT2D eigenvalue weighted by atomic mass is 16.5. The molecule has 3 nitrogen and oxygen atoms in total. The number of hydrogen-bond donors (Lipinski definition) is 0. The van der Waals surface area contributed by atoms with Crippen LogP contribution in [0.4, 0.5) is 0 Å². The quantitative estimate of drug-likeness (QED) is 0.708. The van der Waals surface area contributed by atoms with Crippen LogP contribution in [0.5, 0.6) is 5.75 Å². The smallest absolute Gasteiger partial charge is 0.223 e. The predicted molar refractivity (Wildman–Crippen MR) is 52.3 cm³/mol. The summed E-state index contributed by atoms with van der Waals surface area (Å²) in [6, 6.07) is 1.61. The van der Waals surface area contributed by atoms with E-state index in [0.29, 0.717) is 5.75 Å². The average molecular weight is 181 g/mol. The first-order valence-corrected chi connectivity index (χ1v) is 4.44. The van der Waals surface area contributed by atoms with Crippen molar-refractivity contribution in [2.45, 2.75) is 26.8 Å². The predicted octanol–water partition coefficient (Wildman–Crippen LogP) is 1.58. The van der Waals surface area contributed by atoms with Crippen LogP contribution in [0, 0.1) is 6.92 Å². The van der Waals surface area contributed by atoms with Crippen molar-refractivity contribution in [3.05, 3.63) is 28.2 Å². The summed E-state index contributed by atoms with van der Waals surface area (Å²) in [5, 5.41) is 0. The van der Waals surface area contributed by atoms with Gasteiger partial charge >= 0.3 is 0 Å². The van der Waals surface area contributed by atoms with Gasteiger partial charge in [0.05, 0.1) is 13.3 Å². The number of methoxy groups -OCH3 is 1. The molecule has 0 saturated heterocycles. The van der Waals surface area contributed by atoms with E-state index < -0.39 is 0 Å². The Morgan fingerprint density at radius 3 is 2.77 bits per heavy atom. The summed E-state index contributed by atoms with van der Waals surface area (Å²) in [5.41, 5.74) is 0.931. The highest BCUT2D eigenvalue weighted by Gasteiger charge is 2.02. The molecular weight excluding hydrogens is 166 g/mol. The van der Waals surface area contributed by atoms with Gasteiger partial charge in [-0.3, -0.25) is 4.79 Å². The van der Waals surface area contributed by atoms with Gasteiger partial charge in [0.15, 0.2) is 5.75 Å². The third-order valence-corrected chi connectivity index (χ3v) is 1.99. The molecule has 1 aromatic heterocycles. The normalized spacial score (nSPS) is 10.1. The molecule has 0 saturated carbocycles. The third kappa shape index (κ3) is 2.11. The minimum absolute atomic E-state index is 0.0487. The SMILES string of the molecule is CCCn1cc(OC)c(=O)cc1C. The van der Waals surface area contributed by atoms with Crippen molar-refractivity contribution in [2.75, 3.05) is 7.11 Å². The second kappa shape index (κ2) is 4.12. The van der Waals surface area contributed by atoms with Crippen LogP contribution in [0.2, 0.25) is 0 Å². The molecule has 0 fully saturated rings. The molecule has 1 rings (SSSR count). The number of nitrogens with zero attached hydrogens (tertiary/aromatic N) is 1. The molecule has 3 heteroatoms. The Kier molecular flexibility index (Phi) is 3.12. The van der Waals surface area contributed by atoms with Crippen LogP contribution < -0.4 is 10.2 Å². The maximum absolute atomic E-state index is 11.3. The van der Waals surface area contributed by atoms with Crippen LogP contribution in [-0.2, 0) is 6.54 Å². The van der Waals surface area contributed by atoms with Crippen molar-refractivity contribution in [3.63, 3.8) is 0 Å². The molecule has 1 aromatic rings. The second-order valence-corrected chi connectivity index (χ2v) is 3.04. The molecule has 13 heavy (non-hydrogen) atoms. The fraction of sp³-hybridized carbons (Fsp3) is 0.500. The molecule has 0 aliphatic heterocycles. The van der Waals surface area contributed by atoms with E-state index in [-0.39, 0.29) is 5.43 Å². The Hall–Kier alpha value is -1.25. The van der Waals surface area contributed by atoms with Crippen LogP contribution in [-0.4, -0.2) is 11.7 Å². The summed E-state index contributed by atoms with van der Waals surface area (Å²) in [6.45, 7) is 4.95. The van der Waals surface area contributed by atoms with Crippen LogP contribution in [0.15, 0.2) is 17.1 Å². The Balaban J connectivity index is 3.14. The zero-order valence-electron chi connectivity index (χ0n) is 8.33. The molecular formula is C10H15NO2. The summed E-state index contributed by atoms with van der Waals surface area (Å²) in [4.78, 5) is 11.3. The van der Waals surface area contributed by atoms with E-state index in [4.69, 9.17) is 4.74 Å². The molecule has 0 aliphatic carbocycles. The summed E-state index contributed by atoms with van der Waals surface area (Å²) < 4.78 is 6.98. The van der Waals surface area contributed by atoms with Gasteiger partial charge in [-0.05, 0) is 13.3 Å². The minimum Gasteiger partial charge on any atom is -0.491 e. The van der Waals surface area contributed by atoms with Gasteiger partial charge in [-0.25, -0.2) is 0 Å². The zero-order valence-corrected chi connectivity index (χ0v) is 8.33. The molecule has 0 amide bonds. The van der Waals surface area contributed by atoms with E-state index in [0.717, 1.165) is 18.7 Å². The first-order valence-electron chi connectivity index (χ1n) is 4.44. The van der Waals surface area contributed by atoms with Gasteiger partial charge in [-0.2, -0.15) is 0 Å². The average Bonchev–Trinajstić information content (AvgIpc) is 2.10. The molecule has 0 spiro atoms. The van der Waals surface area contributed by atoms with E-state index in [1.807, 2.05) is 11.5 Å². The molecule has 0 unspecified atom stereocenters. The number of pyridine rings is 1. The Morgan fingerprint density at radius 1 is 1.54 bits per heavy atom. The highest BCUT2D eigenvalue weighted by Crippen LogP contribution is 2.05. The van der Waals surface area contributed by atoms with Crippen molar-refractivity contribution >= 4 is 0 Å². The molecule has 0 bridgehead atoms. The Morgan fingerprint density at radius 2 is 2.23 bits per heavy atom. The topological polar surface area (TPSA) is 31.2 Å². The minimum atomic E-state index is -0.0487. The van der Waals surface area contributed by atoms with E-state index >= 15 is 0 Å². The van der Waals surface area contributed by atoms with Crippen LogP contribution in [0.3, 0.4) is 0 Å². The largest absolute Gasteiger partial charge is 0.491 e. The number of hydrogen-bond acceptors (Lipinski definition) is 2.